The van der Waals surface area contributed by atoms with Crippen molar-refractivity contribution >= 4 is 14.1 Å². The van der Waals surface area contributed by atoms with Crippen LogP contribution in [0.5, 0.6) is 0 Å². The summed E-state index contributed by atoms with van der Waals surface area (Å²) in [6.45, 7) is 2.05. The third-order valence-electron chi connectivity index (χ3n) is 4.28. The molecule has 0 aromatic heterocycles. The van der Waals surface area contributed by atoms with E-state index in [4.69, 9.17) is 0 Å². The van der Waals surface area contributed by atoms with Crippen molar-refractivity contribution < 1.29 is 25.1 Å². The molecule has 0 aliphatic heterocycles. The molecule has 2 aromatic carbocycles. The zero-order valence-electron chi connectivity index (χ0n) is 14.4. The van der Waals surface area contributed by atoms with Gasteiger partial charge in [-0.2, -0.15) is 0 Å². The minimum atomic E-state index is 0. The topological polar surface area (TPSA) is 17.1 Å². The van der Waals surface area contributed by atoms with Gasteiger partial charge in [0, 0.05) is 5.56 Å². The fraction of sp³-hybridized carbons (Fsp3) is 0.316. The van der Waals surface area contributed by atoms with E-state index < -0.39 is 0 Å². The van der Waals surface area contributed by atoms with Gasteiger partial charge in [-0.25, -0.2) is 0 Å². The van der Waals surface area contributed by atoms with E-state index in [1.807, 2.05) is 24.3 Å². The third kappa shape index (κ3) is 3.91. The molecule has 22 heavy (non-hydrogen) atoms. The van der Waals surface area contributed by atoms with Crippen molar-refractivity contribution in [3.63, 3.8) is 0 Å². The van der Waals surface area contributed by atoms with Crippen molar-refractivity contribution in [3.05, 3.63) is 59.7 Å². The van der Waals surface area contributed by atoms with Crippen LogP contribution in [0.25, 0.3) is 11.1 Å². The first-order valence-corrected chi connectivity index (χ1v) is 8.79. The number of carbonyl (C=O) groups is 1. The molecule has 1 aliphatic carbocycles. The van der Waals surface area contributed by atoms with Crippen molar-refractivity contribution in [2.45, 2.75) is 38.3 Å². The Morgan fingerprint density at radius 1 is 1.05 bits per heavy atom. The van der Waals surface area contributed by atoms with Gasteiger partial charge in [-0.05, 0) is 50.7 Å². The van der Waals surface area contributed by atoms with Gasteiger partial charge < -0.3 is 1.43 Å². The maximum atomic E-state index is 12.8. The van der Waals surface area contributed by atoms with Gasteiger partial charge in [-0.15, -0.1) is 0 Å². The van der Waals surface area contributed by atoms with Crippen molar-refractivity contribution in [1.29, 1.82) is 0 Å². The predicted octanol–water partition coefficient (Wildman–Crippen LogP) is 2.54. The summed E-state index contributed by atoms with van der Waals surface area (Å²) in [4.78, 5) is 12.8. The van der Waals surface area contributed by atoms with Crippen LogP contribution >= 0.6 is 8.58 Å². The molecule has 2 aromatic rings. The van der Waals surface area contributed by atoms with Crippen LogP contribution in [0, 0.1) is 6.92 Å². The molecule has 1 fully saturated rings. The molecule has 1 saturated carbocycles. The fourth-order valence-corrected chi connectivity index (χ4v) is 4.70. The molecule has 0 N–H and O–H groups in total. The molecule has 3 rings (SSSR count). The smallest absolute Gasteiger partial charge is 1.00 e. The second kappa shape index (κ2) is 8.12. The van der Waals surface area contributed by atoms with Gasteiger partial charge >= 0.3 is 18.9 Å². The van der Waals surface area contributed by atoms with E-state index in [9.17, 15) is 4.79 Å². The zero-order valence-corrected chi connectivity index (χ0v) is 14.4. The van der Waals surface area contributed by atoms with Crippen LogP contribution in [-0.2, 0) is 0 Å². The molecule has 1 aliphatic rings. The van der Waals surface area contributed by atoms with E-state index in [-0.39, 0.29) is 20.3 Å². The Morgan fingerprint density at radius 2 is 1.73 bits per heavy atom. The molecular weight excluding hydrogens is 282 g/mol. The van der Waals surface area contributed by atoms with Crippen molar-refractivity contribution in [2.24, 2.45) is 0 Å². The Morgan fingerprint density at radius 3 is 2.41 bits per heavy atom. The number of hydrogen-bond acceptors (Lipinski definition) is 1. The van der Waals surface area contributed by atoms with E-state index in [0.29, 0.717) is 19.8 Å². The minimum Gasteiger partial charge on any atom is -1.00 e. The second-order valence-corrected chi connectivity index (χ2v) is 7.38. The molecule has 0 radical (unpaired) electrons. The first-order chi connectivity index (χ1) is 10.3. The van der Waals surface area contributed by atoms with Gasteiger partial charge in [0.2, 0.25) is 0 Å². The normalized spacial score (nSPS) is 15.1. The van der Waals surface area contributed by atoms with Crippen molar-refractivity contribution in [1.82, 2.24) is 0 Å². The average Bonchev–Trinajstić information content (AvgIpc) is 3.00. The van der Waals surface area contributed by atoms with Crippen molar-refractivity contribution in [2.75, 3.05) is 0 Å². The van der Waals surface area contributed by atoms with Crippen LogP contribution in [-0.4, -0.2) is 11.2 Å². The largest absolute Gasteiger partial charge is 1.00 e. The molecule has 1 unspecified atom stereocenters. The molecule has 0 spiro atoms. The summed E-state index contributed by atoms with van der Waals surface area (Å²) >= 11 is 0. The molecule has 0 amide bonds. The molecule has 1 atom stereocenters. The minimum absolute atomic E-state index is 0. The fourth-order valence-electron chi connectivity index (χ4n) is 3.16. The van der Waals surface area contributed by atoms with Gasteiger partial charge in [0.15, 0.2) is 5.52 Å². The Balaban J connectivity index is 0.00000132. The molecule has 3 heteroatoms. The Hall–Kier alpha value is -0.863. The van der Waals surface area contributed by atoms with Gasteiger partial charge in [0.1, 0.15) is 0 Å². The Labute approximate surface area is 148 Å². The molecule has 0 heterocycles. The number of carbonyl (C=O) groups excluding carboxylic acids is 1. The average molecular weight is 304 g/mol. The number of hydrogen-bond donors (Lipinski definition) is 0. The van der Waals surface area contributed by atoms with Crippen LogP contribution in [0.1, 0.15) is 43.0 Å². The van der Waals surface area contributed by atoms with Crippen LogP contribution in [0.15, 0.2) is 48.5 Å². The summed E-state index contributed by atoms with van der Waals surface area (Å²) < 4.78 is 0. The number of aryl methyl sites for hydroxylation is 1. The maximum Gasteiger partial charge on any atom is 1.00 e. The summed E-state index contributed by atoms with van der Waals surface area (Å²) in [6.07, 6.45) is 5.06. The molecule has 110 valence electrons. The van der Waals surface area contributed by atoms with E-state index >= 15 is 0 Å². The van der Waals surface area contributed by atoms with Crippen LogP contribution in [0.4, 0.5) is 0 Å². The number of rotatable bonds is 4. The SMILES string of the molecule is Cc1cccc(-c2ccccc2)c1C(=O)PC1CCCC1.[H-].[Li+]. The van der Waals surface area contributed by atoms with E-state index in [0.717, 1.165) is 22.3 Å². The monoisotopic (exact) mass is 304 g/mol. The standard InChI is InChI=1S/C19H21OP.Li.H/c1-14-8-7-13-17(15-9-3-2-4-10-15)18(14)19(20)21-16-11-5-6-12-16;;/h2-4,7-10,13,16,21H,5-6,11-12H2,1H3;;/q;+1;-1. The summed E-state index contributed by atoms with van der Waals surface area (Å²) in [5.74, 6) is 0. The maximum absolute atomic E-state index is 12.8. The third-order valence-corrected chi connectivity index (χ3v) is 5.77. The Kier molecular flexibility index (Phi) is 6.46. The van der Waals surface area contributed by atoms with Gasteiger partial charge in [-0.1, -0.05) is 61.4 Å². The summed E-state index contributed by atoms with van der Waals surface area (Å²) in [6, 6.07) is 16.4. The summed E-state index contributed by atoms with van der Waals surface area (Å²) in [5, 5.41) is 0. The first kappa shape index (κ1) is 17.5. The van der Waals surface area contributed by atoms with Gasteiger partial charge in [0.05, 0.1) is 0 Å². The van der Waals surface area contributed by atoms with E-state index in [2.05, 4.69) is 31.2 Å². The summed E-state index contributed by atoms with van der Waals surface area (Å²) in [5.41, 5.74) is 5.24. The van der Waals surface area contributed by atoms with Crippen LogP contribution in [0.3, 0.4) is 0 Å². The Bertz CT molecular complexity index is 639. The van der Waals surface area contributed by atoms with Crippen molar-refractivity contribution in [3.8, 4) is 11.1 Å². The first-order valence-electron chi connectivity index (χ1n) is 7.71. The van der Waals surface area contributed by atoms with Crippen LogP contribution in [0.2, 0.25) is 0 Å². The molecule has 0 saturated heterocycles. The van der Waals surface area contributed by atoms with Gasteiger partial charge in [-0.3, -0.25) is 4.79 Å². The van der Waals surface area contributed by atoms with E-state index in [1.54, 1.807) is 0 Å². The molecular formula is C19H22LiOP. The molecule has 0 bridgehead atoms. The van der Waals surface area contributed by atoms with Gasteiger partial charge in [0.25, 0.3) is 0 Å². The second-order valence-electron chi connectivity index (χ2n) is 5.82. The summed E-state index contributed by atoms with van der Waals surface area (Å²) in [7, 11) is 0.436. The quantitative estimate of drug-likeness (QED) is 0.627. The molecule has 1 nitrogen and oxygen atoms in total. The number of benzene rings is 2. The van der Waals surface area contributed by atoms with E-state index in [1.165, 1.54) is 25.7 Å². The van der Waals surface area contributed by atoms with Crippen LogP contribution < -0.4 is 18.9 Å². The predicted molar refractivity (Wildman–Crippen MR) is 92.6 cm³/mol. The zero-order chi connectivity index (χ0) is 14.7.